The summed E-state index contributed by atoms with van der Waals surface area (Å²) in [5.74, 6) is -0.529. The van der Waals surface area contributed by atoms with Gasteiger partial charge in [-0.3, -0.25) is 24.6 Å². The molecule has 178 valence electrons. The number of imide groups is 1. The van der Waals surface area contributed by atoms with Gasteiger partial charge >= 0.3 is 5.97 Å². The Morgan fingerprint density at radius 2 is 1.91 bits per heavy atom. The van der Waals surface area contributed by atoms with Crippen molar-refractivity contribution in [3.05, 3.63) is 67.0 Å². The van der Waals surface area contributed by atoms with Gasteiger partial charge in [0, 0.05) is 12.1 Å². The number of ether oxygens (including phenoxy) is 3. The number of rotatable bonds is 8. The van der Waals surface area contributed by atoms with Crippen LogP contribution in [-0.4, -0.2) is 47.2 Å². The molecule has 2 aromatic rings. The van der Waals surface area contributed by atoms with Crippen molar-refractivity contribution >= 4 is 56.6 Å². The minimum absolute atomic E-state index is 0.0164. The van der Waals surface area contributed by atoms with Crippen LogP contribution in [0.2, 0.25) is 0 Å². The molecular formula is C22H19BrN2O8S. The zero-order chi connectivity index (χ0) is 25.0. The fourth-order valence-corrected chi connectivity index (χ4v) is 4.56. The van der Waals surface area contributed by atoms with Gasteiger partial charge in [-0.15, -0.1) is 0 Å². The Labute approximate surface area is 207 Å². The molecule has 2 amide bonds. The number of carbonyl (C=O) groups is 3. The van der Waals surface area contributed by atoms with E-state index in [0.717, 1.165) is 22.2 Å². The van der Waals surface area contributed by atoms with E-state index in [-0.39, 0.29) is 17.2 Å². The van der Waals surface area contributed by atoms with Crippen LogP contribution in [0.3, 0.4) is 0 Å². The number of methoxy groups -OCH3 is 2. The summed E-state index contributed by atoms with van der Waals surface area (Å²) in [7, 11) is 2.64. The molecule has 1 atom stereocenters. The Morgan fingerprint density at radius 3 is 2.50 bits per heavy atom. The SMILES string of the molecule is COC(=O)[C@@H](C)N1C(=O)S/C(=C/c2cc(Br)c(OCc3ccc([N+](=O)[O-])cc3)c(OC)c2)C1=O. The van der Waals surface area contributed by atoms with Gasteiger partial charge in [-0.1, -0.05) is 0 Å². The first-order valence-corrected chi connectivity index (χ1v) is 11.4. The average Bonchev–Trinajstić information content (AvgIpc) is 3.09. The van der Waals surface area contributed by atoms with E-state index < -0.39 is 28.1 Å². The fraction of sp³-hybridized carbons (Fsp3) is 0.227. The van der Waals surface area contributed by atoms with Crippen LogP contribution in [-0.2, 0) is 20.9 Å². The first kappa shape index (κ1) is 25.2. The molecule has 1 aliphatic rings. The van der Waals surface area contributed by atoms with E-state index in [4.69, 9.17) is 9.47 Å². The smallest absolute Gasteiger partial charge is 0.328 e. The number of benzene rings is 2. The molecule has 1 fully saturated rings. The lowest BCUT2D eigenvalue weighted by Crippen LogP contribution is -2.42. The van der Waals surface area contributed by atoms with Crippen LogP contribution in [0.4, 0.5) is 10.5 Å². The maximum Gasteiger partial charge on any atom is 0.328 e. The molecule has 0 spiro atoms. The topological polar surface area (TPSA) is 125 Å². The second kappa shape index (κ2) is 10.7. The lowest BCUT2D eigenvalue weighted by atomic mass is 10.1. The fourth-order valence-electron chi connectivity index (χ4n) is 3.07. The van der Waals surface area contributed by atoms with Gasteiger partial charge in [0.05, 0.1) is 28.5 Å². The quantitative estimate of drug-likeness (QED) is 0.201. The van der Waals surface area contributed by atoms with Gasteiger partial charge in [-0.2, -0.15) is 0 Å². The number of hydrogen-bond acceptors (Lipinski definition) is 9. The number of halogens is 1. The Kier molecular flexibility index (Phi) is 7.94. The molecule has 0 bridgehead atoms. The number of nitro benzene ring substituents is 1. The minimum Gasteiger partial charge on any atom is -0.493 e. The Bertz CT molecular complexity index is 1180. The highest BCUT2D eigenvalue weighted by atomic mass is 79.9. The largest absolute Gasteiger partial charge is 0.493 e. The van der Waals surface area contributed by atoms with Crippen LogP contribution in [0.25, 0.3) is 6.08 Å². The van der Waals surface area contributed by atoms with E-state index in [0.29, 0.717) is 21.5 Å². The van der Waals surface area contributed by atoms with Gasteiger partial charge < -0.3 is 14.2 Å². The molecule has 0 aromatic heterocycles. The van der Waals surface area contributed by atoms with E-state index in [2.05, 4.69) is 20.7 Å². The summed E-state index contributed by atoms with van der Waals surface area (Å²) < 4.78 is 16.4. The maximum absolute atomic E-state index is 12.7. The Balaban J connectivity index is 1.81. The van der Waals surface area contributed by atoms with Crippen LogP contribution in [0, 0.1) is 10.1 Å². The number of non-ortho nitro benzene ring substituents is 1. The minimum atomic E-state index is -1.04. The number of thioether (sulfide) groups is 1. The van der Waals surface area contributed by atoms with Crippen molar-refractivity contribution < 1.29 is 33.5 Å². The zero-order valence-corrected chi connectivity index (χ0v) is 20.7. The van der Waals surface area contributed by atoms with Crippen LogP contribution in [0.1, 0.15) is 18.1 Å². The third kappa shape index (κ3) is 5.39. The summed E-state index contributed by atoms with van der Waals surface area (Å²) in [6, 6.07) is 8.25. The van der Waals surface area contributed by atoms with Crippen molar-refractivity contribution in [1.82, 2.24) is 4.90 Å². The molecule has 12 heteroatoms. The van der Waals surface area contributed by atoms with Gasteiger partial charge in [0.1, 0.15) is 12.6 Å². The number of carbonyl (C=O) groups excluding carboxylic acids is 3. The number of amides is 2. The Morgan fingerprint density at radius 1 is 1.24 bits per heavy atom. The number of esters is 1. The van der Waals surface area contributed by atoms with Gasteiger partial charge in [0.25, 0.3) is 16.8 Å². The van der Waals surface area contributed by atoms with Crippen molar-refractivity contribution in [2.24, 2.45) is 0 Å². The predicted molar refractivity (Wildman–Crippen MR) is 127 cm³/mol. The van der Waals surface area contributed by atoms with E-state index in [1.807, 2.05) is 0 Å². The van der Waals surface area contributed by atoms with Crippen LogP contribution in [0.15, 0.2) is 45.8 Å². The third-order valence-electron chi connectivity index (χ3n) is 4.83. The normalized spacial score (nSPS) is 15.4. The average molecular weight is 551 g/mol. The van der Waals surface area contributed by atoms with Crippen molar-refractivity contribution in [2.45, 2.75) is 19.6 Å². The molecule has 0 aliphatic carbocycles. The van der Waals surface area contributed by atoms with Crippen molar-refractivity contribution in [2.75, 3.05) is 14.2 Å². The first-order valence-electron chi connectivity index (χ1n) is 9.74. The second-order valence-corrected chi connectivity index (χ2v) is 8.84. The zero-order valence-electron chi connectivity index (χ0n) is 18.3. The lowest BCUT2D eigenvalue weighted by Gasteiger charge is -2.18. The molecule has 1 aliphatic heterocycles. The van der Waals surface area contributed by atoms with Gasteiger partial charge in [-0.05, 0) is 76.1 Å². The molecule has 0 saturated carbocycles. The highest BCUT2D eigenvalue weighted by Gasteiger charge is 2.41. The van der Waals surface area contributed by atoms with E-state index in [9.17, 15) is 24.5 Å². The van der Waals surface area contributed by atoms with E-state index in [1.54, 1.807) is 24.3 Å². The van der Waals surface area contributed by atoms with Crippen molar-refractivity contribution in [3.63, 3.8) is 0 Å². The molecule has 0 radical (unpaired) electrons. The molecule has 1 heterocycles. The summed E-state index contributed by atoms with van der Waals surface area (Å²) in [5.41, 5.74) is 1.26. The summed E-state index contributed by atoms with van der Waals surface area (Å²) in [6.45, 7) is 1.55. The van der Waals surface area contributed by atoms with Gasteiger partial charge in [-0.25, -0.2) is 4.79 Å². The highest BCUT2D eigenvalue weighted by molar-refractivity contribution is 9.10. The summed E-state index contributed by atoms with van der Waals surface area (Å²) in [4.78, 5) is 48.1. The lowest BCUT2D eigenvalue weighted by molar-refractivity contribution is -0.384. The molecule has 0 N–H and O–H groups in total. The standard InChI is InChI=1S/C22H19BrN2O8S/c1-12(21(27)32-3)24-20(26)18(34-22(24)28)10-14-8-16(23)19(17(9-14)31-2)33-11-13-4-6-15(7-5-13)25(29)30/h4-10,12H,11H2,1-3H3/b18-10+/t12-/m1/s1. The molecule has 1 saturated heterocycles. The van der Waals surface area contributed by atoms with Gasteiger partial charge in [0.2, 0.25) is 0 Å². The molecular weight excluding hydrogens is 532 g/mol. The maximum atomic E-state index is 12.7. The summed E-state index contributed by atoms with van der Waals surface area (Å²) in [6.07, 6.45) is 1.52. The highest BCUT2D eigenvalue weighted by Crippen LogP contribution is 2.40. The van der Waals surface area contributed by atoms with Crippen LogP contribution < -0.4 is 9.47 Å². The second-order valence-electron chi connectivity index (χ2n) is 7.00. The number of nitro groups is 1. The van der Waals surface area contributed by atoms with Gasteiger partial charge in [0.15, 0.2) is 11.5 Å². The van der Waals surface area contributed by atoms with Crippen molar-refractivity contribution in [3.8, 4) is 11.5 Å². The summed E-state index contributed by atoms with van der Waals surface area (Å²) in [5, 5.41) is 10.2. The molecule has 3 rings (SSSR count). The van der Waals surface area contributed by atoms with E-state index in [1.165, 1.54) is 39.4 Å². The Hall–Kier alpha value is -3.38. The third-order valence-corrected chi connectivity index (χ3v) is 6.31. The van der Waals surface area contributed by atoms with Crippen LogP contribution in [0.5, 0.6) is 11.5 Å². The van der Waals surface area contributed by atoms with Crippen molar-refractivity contribution in [1.29, 1.82) is 0 Å². The van der Waals surface area contributed by atoms with E-state index >= 15 is 0 Å². The first-order chi connectivity index (χ1) is 16.2. The number of nitrogens with zero attached hydrogens (tertiary/aromatic N) is 2. The molecule has 34 heavy (non-hydrogen) atoms. The molecule has 10 nitrogen and oxygen atoms in total. The summed E-state index contributed by atoms with van der Waals surface area (Å²) >= 11 is 4.15. The predicted octanol–water partition coefficient (Wildman–Crippen LogP) is 4.54. The van der Waals surface area contributed by atoms with Crippen LogP contribution >= 0.6 is 27.7 Å². The number of hydrogen-bond donors (Lipinski definition) is 0. The molecule has 0 unspecified atom stereocenters. The monoisotopic (exact) mass is 550 g/mol. The molecule has 2 aromatic carbocycles.